The summed E-state index contributed by atoms with van der Waals surface area (Å²) in [5.74, 6) is 1.45. The number of hydrogen-bond donors (Lipinski definition) is 0. The zero-order chi connectivity index (χ0) is 21.3. The summed E-state index contributed by atoms with van der Waals surface area (Å²) in [6.07, 6.45) is 0.808. The Morgan fingerprint density at radius 3 is 1.87 bits per heavy atom. The summed E-state index contributed by atoms with van der Waals surface area (Å²) in [5, 5.41) is 2.64. The molecule has 4 aromatic rings. The van der Waals surface area contributed by atoms with E-state index in [-0.39, 0.29) is 0 Å². The second-order valence-corrected chi connectivity index (χ2v) is 8.18. The van der Waals surface area contributed by atoms with Gasteiger partial charge in [-0.05, 0) is 60.4 Å². The molecule has 0 aliphatic carbocycles. The van der Waals surface area contributed by atoms with Gasteiger partial charge in [0.25, 0.3) is 0 Å². The van der Waals surface area contributed by atoms with Crippen LogP contribution in [0.25, 0.3) is 10.9 Å². The smallest absolute Gasteiger partial charge is 0.162 e. The van der Waals surface area contributed by atoms with E-state index in [1.54, 1.807) is 14.2 Å². The van der Waals surface area contributed by atoms with Gasteiger partial charge in [-0.2, -0.15) is 0 Å². The summed E-state index contributed by atoms with van der Waals surface area (Å²) in [6, 6.07) is 20.1. The lowest BCUT2D eigenvalue weighted by Gasteiger charge is -2.11. The highest BCUT2D eigenvalue weighted by Gasteiger charge is 2.18. The highest BCUT2D eigenvalue weighted by atomic mass is 35.5. The normalized spacial score (nSPS) is 11.1. The Bertz CT molecular complexity index is 1090. The van der Waals surface area contributed by atoms with E-state index in [4.69, 9.17) is 32.7 Å². The highest BCUT2D eigenvalue weighted by molar-refractivity contribution is 6.30. The zero-order valence-electron chi connectivity index (χ0n) is 17.2. The van der Waals surface area contributed by atoms with E-state index in [1.807, 2.05) is 24.3 Å². The molecule has 0 fully saturated rings. The number of fused-ring (bicyclic) bond motifs is 1. The fraction of sp³-hybridized carbons (Fsp3) is 0.200. The third kappa shape index (κ3) is 4.00. The van der Waals surface area contributed by atoms with Crippen molar-refractivity contribution in [3.05, 3.63) is 93.1 Å². The van der Waals surface area contributed by atoms with Crippen molar-refractivity contribution in [2.45, 2.75) is 19.9 Å². The van der Waals surface area contributed by atoms with Crippen LogP contribution >= 0.6 is 23.2 Å². The van der Waals surface area contributed by atoms with Crippen molar-refractivity contribution in [3.8, 4) is 11.5 Å². The van der Waals surface area contributed by atoms with Gasteiger partial charge in [-0.3, -0.25) is 0 Å². The van der Waals surface area contributed by atoms with Crippen LogP contribution in [0.2, 0.25) is 10.0 Å². The summed E-state index contributed by atoms with van der Waals surface area (Å²) in [4.78, 5) is 0. The molecule has 0 aliphatic rings. The molecule has 0 saturated carbocycles. The van der Waals surface area contributed by atoms with Gasteiger partial charge in [-0.1, -0.05) is 47.5 Å². The maximum absolute atomic E-state index is 6.08. The largest absolute Gasteiger partial charge is 0.493 e. The van der Waals surface area contributed by atoms with Crippen LogP contribution in [-0.2, 0) is 13.0 Å². The molecule has 0 bridgehead atoms. The van der Waals surface area contributed by atoms with Crippen LogP contribution in [0.3, 0.4) is 0 Å². The Hall–Kier alpha value is -2.62. The molecule has 1 aromatic heterocycles. The molecule has 5 heteroatoms. The number of aromatic nitrogens is 1. The van der Waals surface area contributed by atoms with Gasteiger partial charge in [0.1, 0.15) is 0 Å². The second kappa shape index (κ2) is 8.63. The van der Waals surface area contributed by atoms with E-state index in [0.717, 1.165) is 45.4 Å². The molecule has 0 unspecified atom stereocenters. The van der Waals surface area contributed by atoms with Crippen molar-refractivity contribution < 1.29 is 9.47 Å². The monoisotopic (exact) mass is 439 g/mol. The maximum atomic E-state index is 6.08. The lowest BCUT2D eigenvalue weighted by molar-refractivity contribution is 0.355. The second-order valence-electron chi connectivity index (χ2n) is 7.30. The van der Waals surface area contributed by atoms with Crippen molar-refractivity contribution in [1.29, 1.82) is 0 Å². The molecule has 154 valence electrons. The molecule has 0 radical (unpaired) electrons. The van der Waals surface area contributed by atoms with Gasteiger partial charge in [0.15, 0.2) is 11.5 Å². The first-order valence-corrected chi connectivity index (χ1v) is 10.5. The predicted octanol–water partition coefficient (Wildman–Crippen LogP) is 6.91. The molecule has 3 nitrogen and oxygen atoms in total. The van der Waals surface area contributed by atoms with Gasteiger partial charge in [0.05, 0.1) is 19.7 Å². The van der Waals surface area contributed by atoms with Gasteiger partial charge < -0.3 is 14.0 Å². The van der Waals surface area contributed by atoms with Gasteiger partial charge >= 0.3 is 0 Å². The molecule has 0 saturated heterocycles. The molecule has 0 amide bonds. The molecule has 0 N–H and O–H groups in total. The molecule has 0 atom stereocenters. The standard InChI is InChI=1S/C25H23Cl2NO2/c1-16-21(12-17-4-8-19(26)9-5-17)22-13-24(29-2)25(30-3)14-23(22)28(16)15-18-6-10-20(27)11-7-18/h4-11,13-14H,12,15H2,1-3H3. The van der Waals surface area contributed by atoms with Crippen LogP contribution in [-0.4, -0.2) is 18.8 Å². The molecule has 1 heterocycles. The van der Waals surface area contributed by atoms with Gasteiger partial charge in [-0.25, -0.2) is 0 Å². The number of methoxy groups -OCH3 is 2. The third-order valence-electron chi connectivity index (χ3n) is 5.51. The number of hydrogen-bond acceptors (Lipinski definition) is 2. The number of ether oxygens (including phenoxy) is 2. The average molecular weight is 440 g/mol. The highest BCUT2D eigenvalue weighted by Crippen LogP contribution is 2.37. The first-order valence-electron chi connectivity index (χ1n) is 9.72. The van der Waals surface area contributed by atoms with Crippen LogP contribution < -0.4 is 9.47 Å². The fourth-order valence-corrected chi connectivity index (χ4v) is 4.13. The van der Waals surface area contributed by atoms with E-state index in [0.29, 0.717) is 0 Å². The Morgan fingerprint density at radius 1 is 0.767 bits per heavy atom. The van der Waals surface area contributed by atoms with Crippen molar-refractivity contribution in [2.24, 2.45) is 0 Å². The van der Waals surface area contributed by atoms with E-state index in [9.17, 15) is 0 Å². The minimum absolute atomic E-state index is 0.720. The Kier molecular flexibility index (Phi) is 5.94. The Morgan fingerprint density at radius 2 is 1.30 bits per heavy atom. The van der Waals surface area contributed by atoms with Crippen molar-refractivity contribution in [3.63, 3.8) is 0 Å². The summed E-state index contributed by atoms with van der Waals surface area (Å²) < 4.78 is 13.5. The van der Waals surface area contributed by atoms with Crippen LogP contribution in [0, 0.1) is 6.92 Å². The van der Waals surface area contributed by atoms with Gasteiger partial charge in [0, 0.05) is 33.7 Å². The van der Waals surface area contributed by atoms with E-state index in [1.165, 1.54) is 22.4 Å². The zero-order valence-corrected chi connectivity index (χ0v) is 18.7. The van der Waals surface area contributed by atoms with Crippen molar-refractivity contribution in [1.82, 2.24) is 4.57 Å². The van der Waals surface area contributed by atoms with Crippen LogP contribution in [0.5, 0.6) is 11.5 Å². The lowest BCUT2D eigenvalue weighted by Crippen LogP contribution is -2.03. The van der Waals surface area contributed by atoms with E-state index in [2.05, 4.69) is 47.9 Å². The van der Waals surface area contributed by atoms with Gasteiger partial charge in [0.2, 0.25) is 0 Å². The first-order chi connectivity index (χ1) is 14.5. The first kappa shape index (κ1) is 20.6. The number of nitrogens with zero attached hydrogens (tertiary/aromatic N) is 1. The molecule has 3 aromatic carbocycles. The summed E-state index contributed by atoms with van der Waals surface area (Å²) in [6.45, 7) is 2.91. The molecule has 30 heavy (non-hydrogen) atoms. The van der Waals surface area contributed by atoms with E-state index < -0.39 is 0 Å². The number of rotatable bonds is 6. The van der Waals surface area contributed by atoms with Crippen LogP contribution in [0.15, 0.2) is 60.7 Å². The minimum Gasteiger partial charge on any atom is -0.493 e. The van der Waals surface area contributed by atoms with Crippen LogP contribution in [0.4, 0.5) is 0 Å². The van der Waals surface area contributed by atoms with E-state index >= 15 is 0 Å². The quantitative estimate of drug-likeness (QED) is 0.325. The summed E-state index contributed by atoms with van der Waals surface area (Å²) in [5.41, 5.74) is 5.99. The molecule has 0 spiro atoms. The lowest BCUT2D eigenvalue weighted by atomic mass is 10.0. The Labute approximate surface area is 186 Å². The predicted molar refractivity (Wildman–Crippen MR) is 125 cm³/mol. The number of halogens is 2. The molecule has 4 rings (SSSR count). The SMILES string of the molecule is COc1cc2c(Cc3ccc(Cl)cc3)c(C)n(Cc3ccc(Cl)cc3)c2cc1OC. The van der Waals surface area contributed by atoms with Crippen LogP contribution in [0.1, 0.15) is 22.4 Å². The fourth-order valence-electron chi connectivity index (χ4n) is 3.88. The topological polar surface area (TPSA) is 23.4 Å². The van der Waals surface area contributed by atoms with Crippen molar-refractivity contribution in [2.75, 3.05) is 14.2 Å². The summed E-state index contributed by atoms with van der Waals surface area (Å²) in [7, 11) is 3.33. The minimum atomic E-state index is 0.720. The average Bonchev–Trinajstić information content (AvgIpc) is 3.00. The third-order valence-corrected chi connectivity index (χ3v) is 6.01. The molecular formula is C25H23Cl2NO2. The Balaban J connectivity index is 1.87. The molecular weight excluding hydrogens is 417 g/mol. The molecule has 0 aliphatic heterocycles. The van der Waals surface area contributed by atoms with Gasteiger partial charge in [-0.15, -0.1) is 0 Å². The maximum Gasteiger partial charge on any atom is 0.162 e. The van der Waals surface area contributed by atoms with Crippen molar-refractivity contribution >= 4 is 34.1 Å². The summed E-state index contributed by atoms with van der Waals surface area (Å²) >= 11 is 12.1. The number of benzene rings is 3.